The van der Waals surface area contributed by atoms with Gasteiger partial charge in [0.2, 0.25) is 15.9 Å². The Morgan fingerprint density at radius 1 is 0.915 bits per heavy atom. The van der Waals surface area contributed by atoms with Crippen molar-refractivity contribution < 1.29 is 17.9 Å². The molecule has 0 aliphatic carbocycles. The first kappa shape index (κ1) is 33.4. The summed E-state index contributed by atoms with van der Waals surface area (Å²) in [6.45, 7) is 4.33. The first-order chi connectivity index (χ1) is 22.4. The maximum absolute atomic E-state index is 13.4. The molecule has 1 amide bonds. The van der Waals surface area contributed by atoms with Gasteiger partial charge in [-0.25, -0.2) is 18.4 Å². The quantitative estimate of drug-likeness (QED) is 0.280. The van der Waals surface area contributed by atoms with Crippen molar-refractivity contribution in [1.82, 2.24) is 28.6 Å². The molecular formula is C33H37Cl2N7O4S. The lowest BCUT2D eigenvalue weighted by atomic mass is 10.00. The fourth-order valence-corrected chi connectivity index (χ4v) is 7.62. The molecule has 4 aromatic rings. The van der Waals surface area contributed by atoms with Crippen molar-refractivity contribution in [3.05, 3.63) is 81.4 Å². The van der Waals surface area contributed by atoms with Gasteiger partial charge >= 0.3 is 0 Å². The average molecular weight is 699 g/mol. The summed E-state index contributed by atoms with van der Waals surface area (Å²) in [6, 6.07) is 15.0. The van der Waals surface area contributed by atoms with Gasteiger partial charge in [0.15, 0.2) is 5.82 Å². The minimum atomic E-state index is -3.20. The number of imidazole rings is 1. The number of rotatable bonds is 8. The van der Waals surface area contributed by atoms with Crippen LogP contribution >= 0.6 is 23.2 Å². The molecule has 47 heavy (non-hydrogen) atoms. The van der Waals surface area contributed by atoms with E-state index >= 15 is 0 Å². The number of benzene rings is 2. The van der Waals surface area contributed by atoms with E-state index in [-0.39, 0.29) is 5.91 Å². The number of likely N-dealkylation sites (N-methyl/N-ethyl adjacent to an activating group) is 1. The van der Waals surface area contributed by atoms with Crippen LogP contribution in [0.3, 0.4) is 0 Å². The molecule has 2 aromatic heterocycles. The van der Waals surface area contributed by atoms with Gasteiger partial charge in [0, 0.05) is 87.2 Å². The van der Waals surface area contributed by atoms with Gasteiger partial charge in [0.1, 0.15) is 0 Å². The predicted molar refractivity (Wildman–Crippen MR) is 185 cm³/mol. The second kappa shape index (κ2) is 13.5. The smallest absolute Gasteiger partial charge is 0.291 e. The van der Waals surface area contributed by atoms with Gasteiger partial charge in [-0.3, -0.25) is 9.69 Å². The molecule has 11 nitrogen and oxygen atoms in total. The predicted octanol–water partition coefficient (Wildman–Crippen LogP) is 4.78. The molecule has 1 N–H and O–H groups in total. The summed E-state index contributed by atoms with van der Waals surface area (Å²) in [7, 11) is 2.29. The summed E-state index contributed by atoms with van der Waals surface area (Å²) in [6.07, 6.45) is 2.08. The molecule has 0 bridgehead atoms. The number of methoxy groups -OCH3 is 1. The highest BCUT2D eigenvalue weighted by Crippen LogP contribution is 2.41. The van der Waals surface area contributed by atoms with Gasteiger partial charge in [0.25, 0.3) is 5.91 Å². The lowest BCUT2D eigenvalue weighted by Gasteiger charge is -2.33. The van der Waals surface area contributed by atoms with Gasteiger partial charge in [-0.15, -0.1) is 0 Å². The third kappa shape index (κ3) is 6.89. The highest BCUT2D eigenvalue weighted by atomic mass is 35.5. The van der Waals surface area contributed by atoms with Crippen molar-refractivity contribution >= 4 is 44.8 Å². The Labute approximate surface area is 285 Å². The SMILES string of the molecule is COc1nc(-c2cccc(-c3cccc(NC(=O)c4nc5c(n4C)CCN(C)C5)c3Cl)c2Cl)ccc1CN1CCN(S(C)(=O)=O)CC1. The molecule has 1 saturated heterocycles. The number of hydrogen-bond acceptors (Lipinski definition) is 8. The van der Waals surface area contributed by atoms with Crippen LogP contribution in [0.15, 0.2) is 48.5 Å². The van der Waals surface area contributed by atoms with E-state index in [0.717, 1.165) is 29.9 Å². The van der Waals surface area contributed by atoms with Gasteiger partial charge in [-0.1, -0.05) is 59.6 Å². The van der Waals surface area contributed by atoms with E-state index in [2.05, 4.69) is 20.1 Å². The molecule has 2 aliphatic rings. The standard InChI is InChI=1S/C33H37Cl2N7O4S/c1-39-14-13-28-27(20-39)36-31(40(28)2)32(43)37-26-10-6-8-23(30(26)35)22-7-5-9-24(29(22)34)25-12-11-21(33(38-25)46-3)19-41-15-17-42(18-16-41)47(4,44)45/h5-12H,13-20H2,1-4H3,(H,37,43). The molecule has 2 aliphatic heterocycles. The maximum atomic E-state index is 13.4. The Morgan fingerprint density at radius 3 is 2.30 bits per heavy atom. The lowest BCUT2D eigenvalue weighted by Crippen LogP contribution is -2.47. The zero-order valence-corrected chi connectivity index (χ0v) is 29.1. The van der Waals surface area contributed by atoms with Crippen molar-refractivity contribution in [2.24, 2.45) is 7.05 Å². The molecule has 14 heteroatoms. The monoisotopic (exact) mass is 697 g/mol. The normalized spacial score (nSPS) is 16.2. The minimum absolute atomic E-state index is 0.336. The van der Waals surface area contributed by atoms with E-state index in [1.807, 2.05) is 61.1 Å². The van der Waals surface area contributed by atoms with Crippen LogP contribution in [0.4, 0.5) is 5.69 Å². The first-order valence-electron chi connectivity index (χ1n) is 15.3. The number of sulfonamides is 1. The van der Waals surface area contributed by atoms with Gasteiger partial charge in [-0.05, 0) is 19.2 Å². The minimum Gasteiger partial charge on any atom is -0.481 e. The largest absolute Gasteiger partial charge is 0.481 e. The van der Waals surface area contributed by atoms with Gasteiger partial charge in [0.05, 0.1) is 40.5 Å². The third-order valence-electron chi connectivity index (χ3n) is 8.79. The number of nitrogens with zero attached hydrogens (tertiary/aromatic N) is 6. The van der Waals surface area contributed by atoms with Crippen molar-refractivity contribution in [3.63, 3.8) is 0 Å². The molecule has 0 saturated carbocycles. The summed E-state index contributed by atoms with van der Waals surface area (Å²) in [5.74, 6) is 0.475. The molecule has 6 rings (SSSR count). The molecule has 0 radical (unpaired) electrons. The lowest BCUT2D eigenvalue weighted by molar-refractivity contribution is 0.101. The van der Waals surface area contributed by atoms with Crippen LogP contribution in [-0.4, -0.2) is 96.1 Å². The Hall–Kier alpha value is -3.52. The summed E-state index contributed by atoms with van der Waals surface area (Å²) in [4.78, 5) is 27.2. The maximum Gasteiger partial charge on any atom is 0.291 e. The number of carbonyl (C=O) groups excluding carboxylic acids is 1. The number of piperazine rings is 1. The van der Waals surface area contributed by atoms with Crippen LogP contribution in [0.5, 0.6) is 5.88 Å². The second-order valence-electron chi connectivity index (χ2n) is 12.0. The molecule has 4 heterocycles. The zero-order chi connectivity index (χ0) is 33.5. The van der Waals surface area contributed by atoms with E-state index in [9.17, 15) is 13.2 Å². The molecule has 1 fully saturated rings. The number of anilines is 1. The van der Waals surface area contributed by atoms with Crippen LogP contribution in [0.25, 0.3) is 22.4 Å². The third-order valence-corrected chi connectivity index (χ3v) is 10.9. The number of hydrogen-bond donors (Lipinski definition) is 1. The summed E-state index contributed by atoms with van der Waals surface area (Å²) in [5.41, 5.74) is 6.01. The van der Waals surface area contributed by atoms with Crippen molar-refractivity contribution in [2.75, 3.05) is 58.5 Å². The molecule has 0 atom stereocenters. The van der Waals surface area contributed by atoms with E-state index in [4.69, 9.17) is 32.9 Å². The molecule has 0 unspecified atom stereocenters. The van der Waals surface area contributed by atoms with Gasteiger partial charge < -0.3 is 19.5 Å². The number of amides is 1. The summed E-state index contributed by atoms with van der Waals surface area (Å²) in [5, 5.41) is 3.77. The average Bonchev–Trinajstić information content (AvgIpc) is 3.37. The van der Waals surface area contributed by atoms with E-state index in [1.54, 1.807) is 13.2 Å². The number of aromatic nitrogens is 3. The van der Waals surface area contributed by atoms with Gasteiger partial charge in [-0.2, -0.15) is 4.31 Å². The number of halogens is 2. The van der Waals surface area contributed by atoms with Crippen molar-refractivity contribution in [3.8, 4) is 28.3 Å². The number of fused-ring (bicyclic) bond motifs is 1. The number of carbonyl (C=O) groups is 1. The zero-order valence-electron chi connectivity index (χ0n) is 26.8. The molecular weight excluding hydrogens is 661 g/mol. The van der Waals surface area contributed by atoms with Crippen LogP contribution in [0.1, 0.15) is 27.6 Å². The Balaban J connectivity index is 1.23. The fourth-order valence-electron chi connectivity index (χ4n) is 6.19. The van der Waals surface area contributed by atoms with Crippen LogP contribution in [0.2, 0.25) is 10.0 Å². The molecule has 0 spiro atoms. The van der Waals surface area contributed by atoms with Crippen molar-refractivity contribution in [1.29, 1.82) is 0 Å². The number of ether oxygens (including phenoxy) is 1. The second-order valence-corrected chi connectivity index (χ2v) is 14.7. The Morgan fingerprint density at radius 2 is 1.60 bits per heavy atom. The van der Waals surface area contributed by atoms with E-state index in [1.165, 1.54) is 10.6 Å². The summed E-state index contributed by atoms with van der Waals surface area (Å²) >= 11 is 13.9. The number of nitrogens with one attached hydrogen (secondary N) is 1. The molecule has 2 aromatic carbocycles. The highest BCUT2D eigenvalue weighted by molar-refractivity contribution is 7.88. The van der Waals surface area contributed by atoms with Crippen molar-refractivity contribution in [2.45, 2.75) is 19.5 Å². The summed E-state index contributed by atoms with van der Waals surface area (Å²) < 4.78 is 32.8. The Bertz CT molecular complexity index is 1940. The fraction of sp³-hybridized carbons (Fsp3) is 0.364. The first-order valence-corrected chi connectivity index (χ1v) is 17.9. The van der Waals surface area contributed by atoms with E-state index in [0.29, 0.717) is 89.1 Å². The highest BCUT2D eigenvalue weighted by Gasteiger charge is 2.26. The van der Waals surface area contributed by atoms with Crippen LogP contribution < -0.4 is 10.1 Å². The molecule has 248 valence electrons. The number of pyridine rings is 1. The topological polar surface area (TPSA) is 113 Å². The van der Waals surface area contributed by atoms with E-state index < -0.39 is 10.0 Å². The van der Waals surface area contributed by atoms with Crippen LogP contribution in [-0.2, 0) is 36.6 Å². The Kier molecular flexibility index (Phi) is 9.62. The van der Waals surface area contributed by atoms with Crippen LogP contribution in [0, 0.1) is 0 Å².